The van der Waals surface area contributed by atoms with Gasteiger partial charge in [-0.3, -0.25) is 19.3 Å². The molecular weight excluding hydrogens is 308 g/mol. The standard InChI is InChI=1S/C17H24N4O3/c1-19-17(24)15(12-5-3-2-4-6-12)20-14(22)11-21-9-7-13(8-10-21)16(18)23/h2-6,13,15H,7-11H2,1H3,(H2,18,23)(H,19,24)(H,20,22)/t15-/m1/s1. The van der Waals surface area contributed by atoms with Crippen LogP contribution in [0.1, 0.15) is 24.4 Å². The van der Waals surface area contributed by atoms with Gasteiger partial charge in [-0.15, -0.1) is 0 Å². The Morgan fingerprint density at radius 3 is 2.38 bits per heavy atom. The minimum Gasteiger partial charge on any atom is -0.369 e. The second kappa shape index (κ2) is 8.44. The summed E-state index contributed by atoms with van der Waals surface area (Å²) < 4.78 is 0. The van der Waals surface area contributed by atoms with Crippen LogP contribution in [0, 0.1) is 5.92 Å². The fourth-order valence-electron chi connectivity index (χ4n) is 2.88. The maximum absolute atomic E-state index is 12.3. The highest BCUT2D eigenvalue weighted by atomic mass is 16.2. The lowest BCUT2D eigenvalue weighted by Crippen LogP contribution is -2.46. The molecule has 0 unspecified atom stereocenters. The number of carbonyl (C=O) groups excluding carboxylic acids is 3. The van der Waals surface area contributed by atoms with E-state index in [-0.39, 0.29) is 30.2 Å². The zero-order valence-corrected chi connectivity index (χ0v) is 13.8. The molecule has 1 fully saturated rings. The van der Waals surface area contributed by atoms with Gasteiger partial charge in [-0.25, -0.2) is 0 Å². The predicted octanol–water partition coefficient (Wildman–Crippen LogP) is -0.213. The van der Waals surface area contributed by atoms with E-state index in [1.54, 1.807) is 19.2 Å². The van der Waals surface area contributed by atoms with E-state index < -0.39 is 6.04 Å². The smallest absolute Gasteiger partial charge is 0.246 e. The number of amides is 3. The number of likely N-dealkylation sites (tertiary alicyclic amines) is 1. The molecule has 1 aliphatic heterocycles. The lowest BCUT2D eigenvalue weighted by atomic mass is 9.96. The van der Waals surface area contributed by atoms with Crippen LogP contribution in [-0.2, 0) is 14.4 Å². The summed E-state index contributed by atoms with van der Waals surface area (Å²) >= 11 is 0. The molecule has 0 spiro atoms. The van der Waals surface area contributed by atoms with E-state index >= 15 is 0 Å². The summed E-state index contributed by atoms with van der Waals surface area (Å²) in [7, 11) is 1.54. The first-order chi connectivity index (χ1) is 11.5. The number of hydrogen-bond acceptors (Lipinski definition) is 4. The van der Waals surface area contributed by atoms with Gasteiger partial charge in [-0.1, -0.05) is 30.3 Å². The second-order valence-corrected chi connectivity index (χ2v) is 5.98. The Morgan fingerprint density at radius 2 is 1.83 bits per heavy atom. The van der Waals surface area contributed by atoms with Gasteiger partial charge in [0, 0.05) is 13.0 Å². The second-order valence-electron chi connectivity index (χ2n) is 5.98. The van der Waals surface area contributed by atoms with Gasteiger partial charge in [0.05, 0.1) is 6.54 Å². The van der Waals surface area contributed by atoms with Crippen molar-refractivity contribution in [2.24, 2.45) is 11.7 Å². The van der Waals surface area contributed by atoms with Crippen LogP contribution in [0.15, 0.2) is 30.3 Å². The van der Waals surface area contributed by atoms with Gasteiger partial charge >= 0.3 is 0 Å². The first-order valence-corrected chi connectivity index (χ1v) is 8.09. The first kappa shape index (κ1) is 17.9. The van der Waals surface area contributed by atoms with Gasteiger partial charge < -0.3 is 16.4 Å². The Balaban J connectivity index is 1.92. The Morgan fingerprint density at radius 1 is 1.21 bits per heavy atom. The Labute approximate surface area is 141 Å². The molecule has 1 aromatic rings. The van der Waals surface area contributed by atoms with Crippen LogP contribution in [0.2, 0.25) is 0 Å². The van der Waals surface area contributed by atoms with Crippen molar-refractivity contribution < 1.29 is 14.4 Å². The quantitative estimate of drug-likeness (QED) is 0.670. The van der Waals surface area contributed by atoms with Crippen LogP contribution in [0.25, 0.3) is 0 Å². The fraction of sp³-hybridized carbons (Fsp3) is 0.471. The molecule has 0 aromatic heterocycles. The van der Waals surface area contributed by atoms with Gasteiger partial charge in [0.25, 0.3) is 0 Å². The van der Waals surface area contributed by atoms with E-state index in [1.165, 1.54) is 0 Å². The molecule has 1 aromatic carbocycles. The molecule has 1 aliphatic rings. The minimum atomic E-state index is -0.716. The van der Waals surface area contributed by atoms with Gasteiger partial charge in [0.2, 0.25) is 17.7 Å². The number of hydrogen-bond donors (Lipinski definition) is 3. The topological polar surface area (TPSA) is 105 Å². The third-order valence-corrected chi connectivity index (χ3v) is 4.30. The van der Waals surface area contributed by atoms with Crippen molar-refractivity contribution in [3.8, 4) is 0 Å². The third-order valence-electron chi connectivity index (χ3n) is 4.30. The van der Waals surface area contributed by atoms with Crippen molar-refractivity contribution in [1.29, 1.82) is 0 Å². The molecule has 7 heteroatoms. The molecule has 1 heterocycles. The summed E-state index contributed by atoms with van der Waals surface area (Å²) in [6.07, 6.45) is 1.33. The molecule has 0 saturated carbocycles. The highest BCUT2D eigenvalue weighted by Gasteiger charge is 2.26. The maximum Gasteiger partial charge on any atom is 0.246 e. The Kier molecular flexibility index (Phi) is 6.31. The number of nitrogens with zero attached hydrogens (tertiary/aromatic N) is 1. The molecule has 0 radical (unpaired) electrons. The highest BCUT2D eigenvalue weighted by molar-refractivity contribution is 5.89. The fourth-order valence-corrected chi connectivity index (χ4v) is 2.88. The normalized spacial score (nSPS) is 17.0. The van der Waals surface area contributed by atoms with E-state index in [0.717, 1.165) is 5.56 Å². The number of carbonyl (C=O) groups is 3. The Bertz CT molecular complexity index is 583. The summed E-state index contributed by atoms with van der Waals surface area (Å²) in [5, 5.41) is 5.35. The van der Waals surface area contributed by atoms with Crippen molar-refractivity contribution in [3.05, 3.63) is 35.9 Å². The largest absolute Gasteiger partial charge is 0.369 e. The summed E-state index contributed by atoms with van der Waals surface area (Å²) in [5.74, 6) is -0.859. The average Bonchev–Trinajstić information content (AvgIpc) is 2.60. The van der Waals surface area contributed by atoms with E-state index in [9.17, 15) is 14.4 Å². The monoisotopic (exact) mass is 332 g/mol. The number of benzene rings is 1. The number of rotatable bonds is 6. The summed E-state index contributed by atoms with van der Waals surface area (Å²) in [6.45, 7) is 1.50. The van der Waals surface area contributed by atoms with Crippen LogP contribution in [0.5, 0.6) is 0 Å². The lowest BCUT2D eigenvalue weighted by Gasteiger charge is -2.30. The summed E-state index contributed by atoms with van der Waals surface area (Å²) in [5.41, 5.74) is 6.05. The molecule has 0 aliphatic carbocycles. The van der Waals surface area contributed by atoms with E-state index in [0.29, 0.717) is 25.9 Å². The lowest BCUT2D eigenvalue weighted by molar-refractivity contribution is -0.130. The molecule has 24 heavy (non-hydrogen) atoms. The zero-order valence-electron chi connectivity index (χ0n) is 13.8. The first-order valence-electron chi connectivity index (χ1n) is 8.09. The molecule has 1 atom stereocenters. The number of likely N-dealkylation sites (N-methyl/N-ethyl adjacent to an activating group) is 1. The van der Waals surface area contributed by atoms with E-state index in [4.69, 9.17) is 5.73 Å². The van der Waals surface area contributed by atoms with Crippen LogP contribution in [0.3, 0.4) is 0 Å². The summed E-state index contributed by atoms with van der Waals surface area (Å²) in [4.78, 5) is 37.5. The SMILES string of the molecule is CNC(=O)[C@H](NC(=O)CN1CCC(C(N)=O)CC1)c1ccccc1. The van der Waals surface area contributed by atoms with Crippen molar-refractivity contribution in [1.82, 2.24) is 15.5 Å². The van der Waals surface area contributed by atoms with Crippen molar-refractivity contribution >= 4 is 17.7 Å². The van der Waals surface area contributed by atoms with Crippen LogP contribution in [-0.4, -0.2) is 49.3 Å². The van der Waals surface area contributed by atoms with Gasteiger partial charge in [-0.2, -0.15) is 0 Å². The van der Waals surface area contributed by atoms with Crippen LogP contribution >= 0.6 is 0 Å². The number of nitrogens with one attached hydrogen (secondary N) is 2. The predicted molar refractivity (Wildman–Crippen MR) is 89.8 cm³/mol. The summed E-state index contributed by atoms with van der Waals surface area (Å²) in [6, 6.07) is 8.40. The third kappa shape index (κ3) is 4.79. The molecular formula is C17H24N4O3. The highest BCUT2D eigenvalue weighted by Crippen LogP contribution is 2.17. The number of piperidine rings is 1. The maximum atomic E-state index is 12.3. The van der Waals surface area contributed by atoms with Crippen molar-refractivity contribution in [3.63, 3.8) is 0 Å². The molecule has 130 valence electrons. The van der Waals surface area contributed by atoms with E-state index in [1.807, 2.05) is 23.1 Å². The van der Waals surface area contributed by atoms with Crippen molar-refractivity contribution in [2.45, 2.75) is 18.9 Å². The minimum absolute atomic E-state index is 0.104. The molecule has 4 N–H and O–H groups in total. The van der Waals surface area contributed by atoms with Gasteiger partial charge in [0.1, 0.15) is 6.04 Å². The number of primary amides is 1. The average molecular weight is 332 g/mol. The van der Waals surface area contributed by atoms with Crippen molar-refractivity contribution in [2.75, 3.05) is 26.7 Å². The van der Waals surface area contributed by atoms with Crippen LogP contribution < -0.4 is 16.4 Å². The molecule has 0 bridgehead atoms. The van der Waals surface area contributed by atoms with Gasteiger partial charge in [0.15, 0.2) is 0 Å². The molecule has 2 rings (SSSR count). The molecule has 3 amide bonds. The van der Waals surface area contributed by atoms with Gasteiger partial charge in [-0.05, 0) is 31.5 Å². The number of nitrogens with two attached hydrogens (primary N) is 1. The molecule has 7 nitrogen and oxygen atoms in total. The zero-order chi connectivity index (χ0) is 17.5. The Hall–Kier alpha value is -2.41. The molecule has 1 saturated heterocycles. The van der Waals surface area contributed by atoms with E-state index in [2.05, 4.69) is 10.6 Å². The van der Waals surface area contributed by atoms with Crippen LogP contribution in [0.4, 0.5) is 0 Å².